The SMILES string of the molecule is CC(C)(C)OC(=O)NCC=Cc1cc(F)cc(C#N)c1. The second kappa shape index (κ2) is 6.71. The highest BCUT2D eigenvalue weighted by molar-refractivity contribution is 5.68. The van der Waals surface area contributed by atoms with Crippen molar-refractivity contribution in [1.82, 2.24) is 5.32 Å². The Morgan fingerprint density at radius 3 is 2.75 bits per heavy atom. The standard InChI is InChI=1S/C15H17FN2O2/c1-15(2,3)20-14(19)18-6-4-5-11-7-12(10-17)9-13(16)8-11/h4-5,7-9H,6H2,1-3H3,(H,18,19). The van der Waals surface area contributed by atoms with Crippen molar-refractivity contribution in [3.63, 3.8) is 0 Å². The number of alkyl carbamates (subject to hydrolysis) is 1. The van der Waals surface area contributed by atoms with Gasteiger partial charge in [-0.2, -0.15) is 5.26 Å². The maximum Gasteiger partial charge on any atom is 0.407 e. The molecule has 1 aromatic rings. The number of hydrogen-bond donors (Lipinski definition) is 1. The first-order valence-corrected chi connectivity index (χ1v) is 6.14. The van der Waals surface area contributed by atoms with Gasteiger partial charge in [-0.15, -0.1) is 0 Å². The number of ether oxygens (including phenoxy) is 1. The van der Waals surface area contributed by atoms with Crippen LogP contribution in [-0.4, -0.2) is 18.2 Å². The lowest BCUT2D eigenvalue weighted by Crippen LogP contribution is -2.32. The number of nitriles is 1. The van der Waals surface area contributed by atoms with Crippen molar-refractivity contribution in [3.8, 4) is 6.07 Å². The molecule has 0 radical (unpaired) electrons. The zero-order valence-electron chi connectivity index (χ0n) is 11.7. The number of carbonyl (C=O) groups is 1. The highest BCUT2D eigenvalue weighted by Crippen LogP contribution is 2.10. The molecule has 0 atom stereocenters. The summed E-state index contributed by atoms with van der Waals surface area (Å²) in [6.45, 7) is 5.59. The summed E-state index contributed by atoms with van der Waals surface area (Å²) in [6.07, 6.45) is 2.76. The minimum absolute atomic E-state index is 0.254. The van der Waals surface area contributed by atoms with E-state index in [2.05, 4.69) is 5.32 Å². The molecule has 0 saturated carbocycles. The average molecular weight is 276 g/mol. The van der Waals surface area contributed by atoms with Gasteiger partial charge in [-0.05, 0) is 44.5 Å². The van der Waals surface area contributed by atoms with Crippen LogP contribution < -0.4 is 5.32 Å². The van der Waals surface area contributed by atoms with E-state index in [1.165, 1.54) is 6.07 Å². The van der Waals surface area contributed by atoms with E-state index in [4.69, 9.17) is 10.00 Å². The summed E-state index contributed by atoms with van der Waals surface area (Å²) >= 11 is 0. The fourth-order valence-electron chi connectivity index (χ4n) is 1.42. The van der Waals surface area contributed by atoms with Gasteiger partial charge < -0.3 is 10.1 Å². The molecule has 0 fully saturated rings. The van der Waals surface area contributed by atoms with Crippen LogP contribution in [0, 0.1) is 17.1 Å². The highest BCUT2D eigenvalue weighted by Gasteiger charge is 2.14. The van der Waals surface area contributed by atoms with Crippen LogP contribution in [0.2, 0.25) is 0 Å². The summed E-state index contributed by atoms with van der Waals surface area (Å²) in [5.74, 6) is -0.469. The average Bonchev–Trinajstić information content (AvgIpc) is 2.32. The number of halogens is 1. The topological polar surface area (TPSA) is 62.1 Å². The van der Waals surface area contributed by atoms with Crippen molar-refractivity contribution in [2.45, 2.75) is 26.4 Å². The summed E-state index contributed by atoms with van der Waals surface area (Å²) in [4.78, 5) is 11.4. The number of amides is 1. The van der Waals surface area contributed by atoms with Crippen LogP contribution in [0.25, 0.3) is 6.08 Å². The second-order valence-corrected chi connectivity index (χ2v) is 5.17. The third-order valence-corrected chi connectivity index (χ3v) is 2.12. The Kier molecular flexibility index (Phi) is 5.27. The predicted octanol–water partition coefficient (Wildman–Crippen LogP) is 3.24. The molecule has 0 unspecified atom stereocenters. The fourth-order valence-corrected chi connectivity index (χ4v) is 1.42. The molecule has 20 heavy (non-hydrogen) atoms. The van der Waals surface area contributed by atoms with Gasteiger partial charge in [0.25, 0.3) is 0 Å². The molecular weight excluding hydrogens is 259 g/mol. The fraction of sp³-hybridized carbons (Fsp3) is 0.333. The van der Waals surface area contributed by atoms with Crippen molar-refractivity contribution in [3.05, 3.63) is 41.2 Å². The van der Waals surface area contributed by atoms with Crippen LogP contribution in [0.5, 0.6) is 0 Å². The Morgan fingerprint density at radius 2 is 2.15 bits per heavy atom. The number of nitrogens with zero attached hydrogens (tertiary/aromatic N) is 1. The maximum atomic E-state index is 13.2. The summed E-state index contributed by atoms with van der Waals surface area (Å²) < 4.78 is 18.2. The van der Waals surface area contributed by atoms with Gasteiger partial charge >= 0.3 is 6.09 Å². The molecule has 106 valence electrons. The van der Waals surface area contributed by atoms with E-state index in [0.29, 0.717) is 5.56 Å². The quantitative estimate of drug-likeness (QED) is 0.921. The van der Waals surface area contributed by atoms with Gasteiger partial charge in [-0.3, -0.25) is 0 Å². The van der Waals surface area contributed by atoms with Gasteiger partial charge in [0.15, 0.2) is 0 Å². The Balaban J connectivity index is 2.52. The molecular formula is C15H17FN2O2. The van der Waals surface area contributed by atoms with Gasteiger partial charge in [-0.1, -0.05) is 12.2 Å². The molecule has 0 aliphatic carbocycles. The normalized spacial score (nSPS) is 11.2. The van der Waals surface area contributed by atoms with E-state index in [9.17, 15) is 9.18 Å². The van der Waals surface area contributed by atoms with E-state index in [1.807, 2.05) is 6.07 Å². The molecule has 5 heteroatoms. The van der Waals surface area contributed by atoms with Gasteiger partial charge in [0, 0.05) is 6.54 Å². The van der Waals surface area contributed by atoms with Crippen molar-refractivity contribution < 1.29 is 13.9 Å². The summed E-state index contributed by atoms with van der Waals surface area (Å²) in [5.41, 5.74) is 0.273. The lowest BCUT2D eigenvalue weighted by atomic mass is 10.1. The summed E-state index contributed by atoms with van der Waals surface area (Å²) in [6, 6.07) is 5.91. The van der Waals surface area contributed by atoms with E-state index in [0.717, 1.165) is 6.07 Å². The van der Waals surface area contributed by atoms with E-state index in [1.54, 1.807) is 39.0 Å². The first-order valence-electron chi connectivity index (χ1n) is 6.14. The first kappa shape index (κ1) is 15.7. The van der Waals surface area contributed by atoms with Crippen molar-refractivity contribution >= 4 is 12.2 Å². The minimum Gasteiger partial charge on any atom is -0.444 e. The summed E-state index contributed by atoms with van der Waals surface area (Å²) in [7, 11) is 0. The van der Waals surface area contributed by atoms with Crippen LogP contribution in [0.1, 0.15) is 31.9 Å². The molecule has 0 aliphatic heterocycles. The molecule has 0 aliphatic rings. The lowest BCUT2D eigenvalue weighted by molar-refractivity contribution is 0.0534. The van der Waals surface area contributed by atoms with Gasteiger partial charge in [0.1, 0.15) is 11.4 Å². The molecule has 1 N–H and O–H groups in total. The number of rotatable bonds is 3. The monoisotopic (exact) mass is 276 g/mol. The van der Waals surface area contributed by atoms with Crippen molar-refractivity contribution in [2.75, 3.05) is 6.54 Å². The zero-order chi connectivity index (χ0) is 15.2. The Hall–Kier alpha value is -2.35. The molecule has 0 aromatic heterocycles. The molecule has 4 nitrogen and oxygen atoms in total. The number of nitrogens with one attached hydrogen (secondary N) is 1. The first-order chi connectivity index (χ1) is 9.30. The number of benzene rings is 1. The van der Waals surface area contributed by atoms with Crippen LogP contribution >= 0.6 is 0 Å². The summed E-state index contributed by atoms with van der Waals surface area (Å²) in [5, 5.41) is 11.3. The molecule has 0 spiro atoms. The highest BCUT2D eigenvalue weighted by atomic mass is 19.1. The molecule has 0 saturated heterocycles. The van der Waals surface area contributed by atoms with Gasteiger partial charge in [0.2, 0.25) is 0 Å². The van der Waals surface area contributed by atoms with Gasteiger partial charge in [0.05, 0.1) is 11.6 Å². The second-order valence-electron chi connectivity index (χ2n) is 5.17. The Morgan fingerprint density at radius 1 is 1.45 bits per heavy atom. The third-order valence-electron chi connectivity index (χ3n) is 2.12. The van der Waals surface area contributed by atoms with E-state index >= 15 is 0 Å². The lowest BCUT2D eigenvalue weighted by Gasteiger charge is -2.19. The van der Waals surface area contributed by atoms with Crippen LogP contribution in [0.4, 0.5) is 9.18 Å². The minimum atomic E-state index is -0.544. The number of carbonyl (C=O) groups excluding carboxylic acids is 1. The van der Waals surface area contributed by atoms with Crippen molar-refractivity contribution in [1.29, 1.82) is 5.26 Å². The molecule has 1 aromatic carbocycles. The molecule has 1 rings (SSSR count). The van der Waals surface area contributed by atoms with Crippen LogP contribution in [-0.2, 0) is 4.74 Å². The van der Waals surface area contributed by atoms with Crippen LogP contribution in [0.3, 0.4) is 0 Å². The van der Waals surface area contributed by atoms with E-state index < -0.39 is 17.5 Å². The molecule has 0 heterocycles. The van der Waals surface area contributed by atoms with E-state index in [-0.39, 0.29) is 12.1 Å². The Labute approximate surface area is 117 Å². The van der Waals surface area contributed by atoms with Crippen LogP contribution in [0.15, 0.2) is 24.3 Å². The Bertz CT molecular complexity index is 554. The maximum absolute atomic E-state index is 13.2. The smallest absolute Gasteiger partial charge is 0.407 e. The predicted molar refractivity (Wildman–Crippen MR) is 74.4 cm³/mol. The third kappa shape index (κ3) is 6.01. The van der Waals surface area contributed by atoms with Crippen molar-refractivity contribution in [2.24, 2.45) is 0 Å². The molecule has 1 amide bonds. The zero-order valence-corrected chi connectivity index (χ0v) is 11.7. The molecule has 0 bridgehead atoms. The largest absolute Gasteiger partial charge is 0.444 e. The number of hydrogen-bond acceptors (Lipinski definition) is 3. The van der Waals surface area contributed by atoms with Gasteiger partial charge in [-0.25, -0.2) is 9.18 Å².